The molecule has 0 aliphatic rings. The van der Waals surface area contributed by atoms with Crippen molar-refractivity contribution in [3.8, 4) is 0 Å². The van der Waals surface area contributed by atoms with E-state index in [0.29, 0.717) is 16.2 Å². The normalized spacial score (nSPS) is 2.38. The molecule has 0 saturated heterocycles. The van der Waals surface area contributed by atoms with E-state index in [-0.39, 0.29) is 18.3 Å². The molecule has 0 fully saturated rings. The van der Waals surface area contributed by atoms with Gasteiger partial charge in [-0.1, -0.05) is 0 Å². The summed E-state index contributed by atoms with van der Waals surface area (Å²) in [4.78, 5) is 0. The summed E-state index contributed by atoms with van der Waals surface area (Å²) in [7, 11) is 0. The van der Waals surface area contributed by atoms with E-state index in [2.05, 4.69) is 15.9 Å². The van der Waals surface area contributed by atoms with Crippen LogP contribution in [0.15, 0.2) is 0 Å². The van der Waals surface area contributed by atoms with Gasteiger partial charge in [-0.05, 0) is 0 Å². The average molecular weight is 273 g/mol. The monoisotopic (exact) mass is 271 g/mol. The van der Waals surface area contributed by atoms with Crippen LogP contribution in [-0.2, 0) is 65.4 Å². The van der Waals surface area contributed by atoms with E-state index in [4.69, 9.17) is 15.0 Å². The van der Waals surface area contributed by atoms with E-state index in [1.165, 1.54) is 16.2 Å². The third-order valence-electron chi connectivity index (χ3n) is 0. The fourth-order valence-corrected chi connectivity index (χ4v) is 0. The molecule has 0 aromatic heterocycles. The Hall–Kier alpha value is 1.41. The first-order valence-electron chi connectivity index (χ1n) is 0.867. The molecule has 47 valence electrons. The molecule has 0 rings (SSSR count). The van der Waals surface area contributed by atoms with Crippen LogP contribution < -0.4 is 0 Å². The van der Waals surface area contributed by atoms with Crippen molar-refractivity contribution in [2.75, 3.05) is 0 Å². The molecule has 8 heteroatoms. The van der Waals surface area contributed by atoms with E-state index in [1.807, 2.05) is 0 Å². The van der Waals surface area contributed by atoms with Crippen LogP contribution in [0.25, 0.3) is 0 Å². The van der Waals surface area contributed by atoms with Gasteiger partial charge in [-0.2, -0.15) is 0 Å². The van der Waals surface area contributed by atoms with Crippen molar-refractivity contribution in [2.45, 2.75) is 0 Å². The summed E-state index contributed by atoms with van der Waals surface area (Å²) < 4.78 is 32.6. The van der Waals surface area contributed by atoms with Crippen molar-refractivity contribution in [3.63, 3.8) is 0 Å². The Morgan fingerprint density at radius 3 is 1.12 bits per heavy atom. The molecule has 8 heavy (non-hydrogen) atoms. The van der Waals surface area contributed by atoms with Gasteiger partial charge in [-0.15, -0.1) is 0 Å². The molecule has 0 saturated carbocycles. The molecular formula is HAlCrCuO4Zn. The summed E-state index contributed by atoms with van der Waals surface area (Å²) in [6.45, 7) is 0. The predicted molar refractivity (Wildman–Crippen MR) is 9.89 cm³/mol. The van der Waals surface area contributed by atoms with Crippen molar-refractivity contribution in [1.82, 2.24) is 0 Å². The van der Waals surface area contributed by atoms with E-state index in [0.717, 1.165) is 0 Å². The molecule has 0 aromatic carbocycles. The summed E-state index contributed by atoms with van der Waals surface area (Å²) in [6.07, 6.45) is 0. The Morgan fingerprint density at radius 2 is 1.12 bits per heavy atom. The molecule has 0 atom stereocenters. The van der Waals surface area contributed by atoms with Crippen molar-refractivity contribution < 1.29 is 65.4 Å². The first-order valence-corrected chi connectivity index (χ1v) is 3.56. The van der Waals surface area contributed by atoms with Crippen LogP contribution in [0.4, 0.5) is 0 Å². The molecule has 0 aliphatic heterocycles. The molecule has 0 bridgehead atoms. The standard InChI is InChI=1S/Al.Cr.Cu.4O.Zn.H. The van der Waals surface area contributed by atoms with Gasteiger partial charge < -0.3 is 0 Å². The number of hydrogen-bond acceptors (Lipinski definition) is 4. The Labute approximate surface area is 81.0 Å². The molecular weight excluding hydrogens is 272 g/mol. The van der Waals surface area contributed by atoms with Gasteiger partial charge in [0.1, 0.15) is 0 Å². The van der Waals surface area contributed by atoms with Crippen molar-refractivity contribution in [1.29, 1.82) is 0 Å². The quantitative estimate of drug-likeness (QED) is 0.524. The van der Waals surface area contributed by atoms with Crippen LogP contribution in [0, 0.1) is 0 Å². The molecule has 0 aromatic rings. The molecule has 0 aliphatic carbocycles. The Morgan fingerprint density at radius 1 is 1.12 bits per heavy atom. The molecule has 0 heterocycles. The van der Waals surface area contributed by atoms with E-state index in [9.17, 15) is 0 Å². The zero-order chi connectivity index (χ0) is 8.00. The van der Waals surface area contributed by atoms with E-state index < -0.39 is 0 Å². The third kappa shape index (κ3) is 153. The first kappa shape index (κ1) is 22.7. The van der Waals surface area contributed by atoms with Crippen LogP contribution in [0.2, 0.25) is 0 Å². The summed E-state index contributed by atoms with van der Waals surface area (Å²) in [6, 6.07) is 0. The van der Waals surface area contributed by atoms with Crippen LogP contribution in [0.5, 0.6) is 0 Å². The van der Waals surface area contributed by atoms with Gasteiger partial charge in [0.2, 0.25) is 0 Å². The average Bonchev–Trinajstić information content (AvgIpc) is 2.03. The molecule has 0 amide bonds. The summed E-state index contributed by atoms with van der Waals surface area (Å²) in [5.41, 5.74) is 0. The van der Waals surface area contributed by atoms with Gasteiger partial charge in [0.25, 0.3) is 0 Å². The number of rotatable bonds is 0. The van der Waals surface area contributed by atoms with Gasteiger partial charge in [0.15, 0.2) is 0 Å². The maximum atomic E-state index is 8.38. The minimum absolute atomic E-state index is 0.125. The molecule has 0 spiro atoms. The van der Waals surface area contributed by atoms with Crippen LogP contribution in [0.1, 0.15) is 0 Å². The summed E-state index contributed by atoms with van der Waals surface area (Å²) in [5.74, 6) is 0. The first-order chi connectivity index (χ1) is 4.00. The summed E-state index contributed by atoms with van der Waals surface area (Å²) in [5, 5.41) is 0. The summed E-state index contributed by atoms with van der Waals surface area (Å²) >= 11 is 5.05. The second-order valence-corrected chi connectivity index (χ2v) is 0. The molecule has 0 N–H and O–H groups in total. The third-order valence-corrected chi connectivity index (χ3v) is 0. The van der Waals surface area contributed by atoms with Gasteiger partial charge in [-0.3, -0.25) is 0 Å². The van der Waals surface area contributed by atoms with Crippen LogP contribution in [-0.4, -0.2) is 16.2 Å². The fourth-order valence-electron chi connectivity index (χ4n) is 0. The SMILES string of the molecule is [O]=[AlH].[O]=[Cr].[O]=[Cu].[O]=[Zn]. The second-order valence-electron chi connectivity index (χ2n) is 0. The van der Waals surface area contributed by atoms with Gasteiger partial charge in [0.05, 0.1) is 0 Å². The second kappa shape index (κ2) is 233. The predicted octanol–water partition coefficient (Wildman–Crippen LogP) is -1.13. The Kier molecular flexibility index (Phi) is 662. The van der Waals surface area contributed by atoms with Crippen molar-refractivity contribution >= 4 is 16.2 Å². The Bertz CT molecular complexity index is 24.0. The number of hydrogen-bond donors (Lipinski definition) is 0. The van der Waals surface area contributed by atoms with Crippen molar-refractivity contribution in [2.24, 2.45) is 0 Å². The van der Waals surface area contributed by atoms with Gasteiger partial charge >= 0.3 is 81.7 Å². The Balaban J connectivity index is -0.0000000133. The molecule has 0 radical (unpaired) electrons. The molecule has 4 nitrogen and oxygen atoms in total. The zero-order valence-electron chi connectivity index (χ0n) is 3.76. The zero-order valence-corrected chi connectivity index (χ0v) is 10.4. The van der Waals surface area contributed by atoms with Gasteiger partial charge in [0, 0.05) is 0 Å². The van der Waals surface area contributed by atoms with Gasteiger partial charge in [-0.25, -0.2) is 0 Å². The van der Waals surface area contributed by atoms with E-state index in [1.54, 1.807) is 0 Å². The van der Waals surface area contributed by atoms with E-state index >= 15 is 0 Å². The minimum atomic E-state index is 0.125. The maximum absolute atomic E-state index is 8.38. The molecule has 0 unspecified atom stereocenters. The van der Waals surface area contributed by atoms with Crippen LogP contribution >= 0.6 is 0 Å². The van der Waals surface area contributed by atoms with Crippen molar-refractivity contribution in [3.05, 3.63) is 0 Å². The topological polar surface area (TPSA) is 68.3 Å². The fraction of sp³-hybridized carbons (Fsp3) is 0. The van der Waals surface area contributed by atoms with Crippen LogP contribution in [0.3, 0.4) is 0 Å².